The zero-order valence-electron chi connectivity index (χ0n) is 14.9. The van der Waals surface area contributed by atoms with Crippen LogP contribution >= 0.6 is 11.6 Å². The molecule has 2 aromatic rings. The van der Waals surface area contributed by atoms with E-state index in [1.54, 1.807) is 18.2 Å². The summed E-state index contributed by atoms with van der Waals surface area (Å²) in [6.07, 6.45) is 0.253. The summed E-state index contributed by atoms with van der Waals surface area (Å²) < 4.78 is 11.6. The predicted molar refractivity (Wildman–Crippen MR) is 103 cm³/mol. The molecule has 7 heteroatoms. The number of carbonyl (C=O) groups excluding carboxylic acids is 1. The van der Waals surface area contributed by atoms with E-state index in [4.69, 9.17) is 26.3 Å². The van der Waals surface area contributed by atoms with E-state index in [1.165, 1.54) is 0 Å². The first-order valence-electron chi connectivity index (χ1n) is 8.61. The maximum atomic E-state index is 12.1. The minimum atomic E-state index is -0.117. The third kappa shape index (κ3) is 5.13. The smallest absolute Gasteiger partial charge is 0.225 e. The number of benzene rings is 2. The number of amides is 1. The highest BCUT2D eigenvalue weighted by molar-refractivity contribution is 6.32. The van der Waals surface area contributed by atoms with Gasteiger partial charge in [-0.2, -0.15) is 5.26 Å². The van der Waals surface area contributed by atoms with Gasteiger partial charge in [0, 0.05) is 25.2 Å². The van der Waals surface area contributed by atoms with Crippen LogP contribution in [0.4, 0.5) is 5.69 Å². The summed E-state index contributed by atoms with van der Waals surface area (Å²) in [5, 5.41) is 12.0. The Balaban J connectivity index is 1.44. The van der Waals surface area contributed by atoms with Crippen molar-refractivity contribution in [1.29, 1.82) is 5.26 Å². The van der Waals surface area contributed by atoms with E-state index in [-0.39, 0.29) is 12.0 Å². The highest BCUT2D eigenvalue weighted by Gasteiger charge is 2.22. The van der Waals surface area contributed by atoms with Crippen LogP contribution in [0.1, 0.15) is 12.0 Å². The molecule has 1 heterocycles. The number of halogens is 1. The van der Waals surface area contributed by atoms with Crippen LogP contribution in [0.5, 0.6) is 11.5 Å². The van der Waals surface area contributed by atoms with Crippen molar-refractivity contribution < 1.29 is 14.3 Å². The summed E-state index contributed by atoms with van der Waals surface area (Å²) in [5.41, 5.74) is 0.956. The van der Waals surface area contributed by atoms with Crippen LogP contribution in [-0.2, 0) is 4.79 Å². The first kappa shape index (κ1) is 19.0. The quantitative estimate of drug-likeness (QED) is 0.825. The van der Waals surface area contributed by atoms with Gasteiger partial charge < -0.3 is 19.7 Å². The average Bonchev–Trinajstić information content (AvgIpc) is 2.66. The summed E-state index contributed by atoms with van der Waals surface area (Å²) in [7, 11) is 1.94. The molecule has 1 aliphatic rings. The maximum absolute atomic E-state index is 12.1. The second-order valence-corrected chi connectivity index (χ2v) is 6.77. The molecule has 27 heavy (non-hydrogen) atoms. The van der Waals surface area contributed by atoms with Crippen molar-refractivity contribution in [2.24, 2.45) is 0 Å². The maximum Gasteiger partial charge on any atom is 0.225 e. The molecule has 1 unspecified atom stereocenters. The van der Waals surface area contributed by atoms with Gasteiger partial charge in [0.05, 0.1) is 10.6 Å². The normalized spacial score (nSPS) is 15.3. The molecular formula is C20H20ClN3O3. The minimum absolute atomic E-state index is 0.0784. The van der Waals surface area contributed by atoms with Crippen LogP contribution in [0.15, 0.2) is 42.5 Å². The van der Waals surface area contributed by atoms with Crippen molar-refractivity contribution in [2.75, 3.05) is 32.1 Å². The van der Waals surface area contributed by atoms with Gasteiger partial charge in [-0.25, -0.2) is 0 Å². The number of para-hydroxylation sites is 2. The van der Waals surface area contributed by atoms with Gasteiger partial charge in [0.25, 0.3) is 0 Å². The Morgan fingerprint density at radius 2 is 2.11 bits per heavy atom. The zero-order valence-corrected chi connectivity index (χ0v) is 15.7. The van der Waals surface area contributed by atoms with E-state index < -0.39 is 0 Å². The fourth-order valence-electron chi connectivity index (χ4n) is 2.79. The van der Waals surface area contributed by atoms with Crippen molar-refractivity contribution in [3.05, 3.63) is 53.1 Å². The highest BCUT2D eigenvalue weighted by Crippen LogP contribution is 2.30. The Morgan fingerprint density at radius 3 is 2.85 bits per heavy atom. The van der Waals surface area contributed by atoms with Crippen molar-refractivity contribution in [3.8, 4) is 17.6 Å². The van der Waals surface area contributed by atoms with E-state index in [0.29, 0.717) is 42.4 Å². The number of nitrogens with one attached hydrogen (secondary N) is 1. The molecule has 0 aliphatic carbocycles. The number of carbonyl (C=O) groups is 1. The number of hydrogen-bond acceptors (Lipinski definition) is 5. The van der Waals surface area contributed by atoms with Gasteiger partial charge in [-0.3, -0.25) is 4.79 Å². The molecule has 2 aromatic carbocycles. The number of fused-ring (bicyclic) bond motifs is 1. The first-order chi connectivity index (χ1) is 13.0. The molecule has 140 valence electrons. The number of hydrogen-bond donors (Lipinski definition) is 1. The molecule has 0 fully saturated rings. The second kappa shape index (κ2) is 8.76. The van der Waals surface area contributed by atoms with Crippen molar-refractivity contribution >= 4 is 23.2 Å². The molecule has 0 spiro atoms. The van der Waals surface area contributed by atoms with Crippen LogP contribution < -0.4 is 14.8 Å². The Bertz CT molecular complexity index is 866. The number of likely N-dealkylation sites (N-methyl/N-ethyl adjacent to an activating group) is 1. The second-order valence-electron chi connectivity index (χ2n) is 6.36. The molecule has 0 saturated carbocycles. The van der Waals surface area contributed by atoms with E-state index >= 15 is 0 Å². The van der Waals surface area contributed by atoms with E-state index in [9.17, 15) is 4.79 Å². The van der Waals surface area contributed by atoms with Crippen LogP contribution in [-0.4, -0.2) is 43.7 Å². The van der Waals surface area contributed by atoms with Crippen LogP contribution in [0.3, 0.4) is 0 Å². The molecule has 1 atom stereocenters. The minimum Gasteiger partial charge on any atom is -0.486 e. The third-order valence-corrected chi connectivity index (χ3v) is 4.49. The predicted octanol–water partition coefficient (Wildman–Crippen LogP) is 3.31. The Morgan fingerprint density at radius 1 is 1.33 bits per heavy atom. The Labute approximate surface area is 163 Å². The fraction of sp³-hybridized carbons (Fsp3) is 0.300. The lowest BCUT2D eigenvalue weighted by Gasteiger charge is -2.29. The summed E-state index contributed by atoms with van der Waals surface area (Å²) in [4.78, 5) is 14.2. The van der Waals surface area contributed by atoms with Gasteiger partial charge in [-0.15, -0.1) is 0 Å². The number of nitrogens with zero attached hydrogens (tertiary/aromatic N) is 2. The first-order valence-corrected chi connectivity index (χ1v) is 8.99. The number of ether oxygens (including phenoxy) is 2. The van der Waals surface area contributed by atoms with Gasteiger partial charge >= 0.3 is 0 Å². The van der Waals surface area contributed by atoms with Crippen molar-refractivity contribution in [3.63, 3.8) is 0 Å². The third-order valence-electron chi connectivity index (χ3n) is 4.18. The van der Waals surface area contributed by atoms with Gasteiger partial charge in [0.2, 0.25) is 5.91 Å². The average molecular weight is 386 g/mol. The number of nitriles is 1. The van der Waals surface area contributed by atoms with Crippen LogP contribution in [0, 0.1) is 11.3 Å². The summed E-state index contributed by atoms with van der Waals surface area (Å²) >= 11 is 5.98. The van der Waals surface area contributed by atoms with Gasteiger partial charge in [0.15, 0.2) is 11.5 Å². The summed E-state index contributed by atoms with van der Waals surface area (Å²) in [5.74, 6) is 1.39. The van der Waals surface area contributed by atoms with Gasteiger partial charge in [-0.05, 0) is 37.4 Å². The fourth-order valence-corrected chi connectivity index (χ4v) is 3.01. The molecule has 1 N–H and O–H groups in total. The topological polar surface area (TPSA) is 74.6 Å². The summed E-state index contributed by atoms with van der Waals surface area (Å²) in [6.45, 7) is 1.72. The molecule has 0 aromatic heterocycles. The highest BCUT2D eigenvalue weighted by atomic mass is 35.5. The molecule has 3 rings (SSSR count). The molecule has 0 radical (unpaired) electrons. The van der Waals surface area contributed by atoms with E-state index in [2.05, 4.69) is 5.32 Å². The SMILES string of the molecule is CN(CCC(=O)Nc1ccc(C#N)c(Cl)c1)CC1COc2ccccc2O1. The van der Waals surface area contributed by atoms with Crippen LogP contribution in [0.25, 0.3) is 0 Å². The van der Waals surface area contributed by atoms with Crippen molar-refractivity contribution in [2.45, 2.75) is 12.5 Å². The Kier molecular flexibility index (Phi) is 6.17. The standard InChI is InChI=1S/C20H20ClN3O3/c1-24(12-16-13-26-18-4-2-3-5-19(18)27-16)9-8-20(25)23-15-7-6-14(11-22)17(21)10-15/h2-7,10,16H,8-9,12-13H2,1H3,(H,23,25). The molecule has 6 nitrogen and oxygen atoms in total. The zero-order chi connectivity index (χ0) is 19.2. The van der Waals surface area contributed by atoms with E-state index in [0.717, 1.165) is 11.5 Å². The van der Waals surface area contributed by atoms with Crippen LogP contribution in [0.2, 0.25) is 5.02 Å². The lowest BCUT2D eigenvalue weighted by atomic mass is 10.2. The molecule has 0 bridgehead atoms. The van der Waals surface area contributed by atoms with Gasteiger partial charge in [0.1, 0.15) is 18.8 Å². The molecule has 1 aliphatic heterocycles. The van der Waals surface area contributed by atoms with E-state index in [1.807, 2.05) is 42.3 Å². The molecule has 0 saturated heterocycles. The van der Waals surface area contributed by atoms with Crippen molar-refractivity contribution in [1.82, 2.24) is 4.90 Å². The largest absolute Gasteiger partial charge is 0.486 e. The lowest BCUT2D eigenvalue weighted by Crippen LogP contribution is -2.40. The monoisotopic (exact) mass is 385 g/mol. The van der Waals surface area contributed by atoms with Gasteiger partial charge in [-0.1, -0.05) is 23.7 Å². The lowest BCUT2D eigenvalue weighted by molar-refractivity contribution is -0.116. The number of anilines is 1. The number of rotatable bonds is 6. The molecular weight excluding hydrogens is 366 g/mol. The summed E-state index contributed by atoms with van der Waals surface area (Å²) in [6, 6.07) is 14.4. The Hall–Kier alpha value is -2.75. The molecule has 1 amide bonds.